The number of aryl methyl sites for hydroxylation is 2. The molecule has 3 aromatic rings. The molecule has 0 radical (unpaired) electrons. The highest BCUT2D eigenvalue weighted by molar-refractivity contribution is 7.91. The lowest BCUT2D eigenvalue weighted by molar-refractivity contribution is 0.0804. The molecular weight excluding hydrogens is 372 g/mol. The Kier molecular flexibility index (Phi) is 4.31. The highest BCUT2D eigenvalue weighted by Crippen LogP contribution is 2.45. The maximum atomic E-state index is 13.4. The van der Waals surface area contributed by atoms with E-state index in [2.05, 4.69) is 0 Å². The molecule has 0 fully saturated rings. The van der Waals surface area contributed by atoms with Gasteiger partial charge in [-0.3, -0.25) is 4.79 Å². The average Bonchev–Trinajstić information content (AvgIpc) is 3.07. The van der Waals surface area contributed by atoms with Crippen molar-refractivity contribution in [1.82, 2.24) is 0 Å². The number of hydrogen-bond acceptors (Lipinski definition) is 4. The summed E-state index contributed by atoms with van der Waals surface area (Å²) in [7, 11) is -3.91. The van der Waals surface area contributed by atoms with E-state index in [1.54, 1.807) is 24.3 Å². The zero-order valence-electron chi connectivity index (χ0n) is 16.2. The van der Waals surface area contributed by atoms with Gasteiger partial charge in [0.1, 0.15) is 5.76 Å². The Hall–Kier alpha value is -2.66. The Bertz CT molecular complexity index is 1150. The van der Waals surface area contributed by atoms with Crippen LogP contribution < -0.4 is 0 Å². The molecule has 0 saturated heterocycles. The van der Waals surface area contributed by atoms with Crippen LogP contribution in [0.15, 0.2) is 69.0 Å². The van der Waals surface area contributed by atoms with E-state index in [9.17, 15) is 13.2 Å². The Labute approximate surface area is 165 Å². The average molecular weight is 394 g/mol. The molecule has 4 nitrogen and oxygen atoms in total. The van der Waals surface area contributed by atoms with Crippen molar-refractivity contribution in [2.45, 2.75) is 43.6 Å². The zero-order chi connectivity index (χ0) is 20.1. The van der Waals surface area contributed by atoms with Crippen molar-refractivity contribution in [2.24, 2.45) is 5.41 Å². The second-order valence-corrected chi connectivity index (χ2v) is 9.81. The number of furan rings is 1. The van der Waals surface area contributed by atoms with Crippen molar-refractivity contribution in [3.8, 4) is 11.1 Å². The van der Waals surface area contributed by atoms with Crippen LogP contribution in [0.1, 0.15) is 41.9 Å². The van der Waals surface area contributed by atoms with Gasteiger partial charge in [-0.25, -0.2) is 8.42 Å². The predicted octanol–water partition coefficient (Wildman–Crippen LogP) is 5.24. The molecule has 144 valence electrons. The molecule has 4 rings (SSSR count). The van der Waals surface area contributed by atoms with E-state index >= 15 is 0 Å². The first-order chi connectivity index (χ1) is 13.2. The van der Waals surface area contributed by atoms with Gasteiger partial charge in [0.15, 0.2) is 5.78 Å². The van der Waals surface area contributed by atoms with Crippen LogP contribution >= 0.6 is 0 Å². The van der Waals surface area contributed by atoms with Crippen LogP contribution in [0.25, 0.3) is 11.1 Å². The monoisotopic (exact) mass is 394 g/mol. The molecule has 0 amide bonds. The van der Waals surface area contributed by atoms with E-state index in [1.165, 1.54) is 0 Å². The van der Waals surface area contributed by atoms with Gasteiger partial charge in [0.05, 0.1) is 16.0 Å². The molecule has 28 heavy (non-hydrogen) atoms. The number of carbonyl (C=O) groups is 1. The molecule has 0 N–H and O–H groups in total. The van der Waals surface area contributed by atoms with Gasteiger partial charge in [-0.15, -0.1) is 0 Å². The van der Waals surface area contributed by atoms with Gasteiger partial charge in [-0.1, -0.05) is 61.9 Å². The van der Waals surface area contributed by atoms with Crippen LogP contribution in [-0.4, -0.2) is 14.2 Å². The third-order valence-corrected chi connectivity index (χ3v) is 7.07. The minimum Gasteiger partial charge on any atom is -0.448 e. The standard InChI is InChI=1S/C23H22O4S/c1-15-9-11-17(12-10-15)28(25,26)22-19(16-7-5-4-6-8-16)20-18(27-22)13-14-23(2,3)21(20)24/h4-12H,13-14H2,1-3H3. The molecule has 1 aromatic heterocycles. The summed E-state index contributed by atoms with van der Waals surface area (Å²) in [6, 6.07) is 15.8. The van der Waals surface area contributed by atoms with Gasteiger partial charge in [0, 0.05) is 11.8 Å². The third-order valence-electron chi connectivity index (χ3n) is 5.41. The minimum atomic E-state index is -3.91. The fraction of sp³-hybridized carbons (Fsp3) is 0.261. The lowest BCUT2D eigenvalue weighted by atomic mass is 9.74. The largest absolute Gasteiger partial charge is 0.448 e. The smallest absolute Gasteiger partial charge is 0.240 e. The fourth-order valence-corrected chi connectivity index (χ4v) is 5.04. The van der Waals surface area contributed by atoms with Crippen molar-refractivity contribution in [3.63, 3.8) is 0 Å². The Morgan fingerprint density at radius 3 is 2.21 bits per heavy atom. The summed E-state index contributed by atoms with van der Waals surface area (Å²) in [6.45, 7) is 5.69. The van der Waals surface area contributed by atoms with Gasteiger partial charge in [0.2, 0.25) is 14.9 Å². The normalized spacial score (nSPS) is 16.0. The van der Waals surface area contributed by atoms with E-state index in [0.29, 0.717) is 35.3 Å². The van der Waals surface area contributed by atoms with Crippen molar-refractivity contribution in [3.05, 3.63) is 71.5 Å². The highest BCUT2D eigenvalue weighted by Gasteiger charge is 2.42. The van der Waals surface area contributed by atoms with Crippen molar-refractivity contribution in [1.29, 1.82) is 0 Å². The molecule has 0 saturated carbocycles. The van der Waals surface area contributed by atoms with Crippen LogP contribution in [0.5, 0.6) is 0 Å². The summed E-state index contributed by atoms with van der Waals surface area (Å²) in [4.78, 5) is 13.4. The topological polar surface area (TPSA) is 64.3 Å². The quantitative estimate of drug-likeness (QED) is 0.609. The summed E-state index contributed by atoms with van der Waals surface area (Å²) in [6.07, 6.45) is 1.17. The number of benzene rings is 2. The second kappa shape index (κ2) is 6.45. The number of carbonyl (C=O) groups excluding carboxylic acids is 1. The van der Waals surface area contributed by atoms with Crippen molar-refractivity contribution < 1.29 is 17.6 Å². The summed E-state index contributed by atoms with van der Waals surface area (Å²) >= 11 is 0. The van der Waals surface area contributed by atoms with E-state index in [4.69, 9.17) is 4.42 Å². The minimum absolute atomic E-state index is 0.0679. The van der Waals surface area contributed by atoms with Gasteiger partial charge < -0.3 is 4.42 Å². The number of rotatable bonds is 3. The first-order valence-corrected chi connectivity index (χ1v) is 10.8. The van der Waals surface area contributed by atoms with Crippen LogP contribution in [0, 0.1) is 12.3 Å². The number of Topliss-reactive ketones (excluding diaryl/α,β-unsaturated/α-hetero) is 1. The van der Waals surface area contributed by atoms with E-state index in [1.807, 2.05) is 51.1 Å². The number of hydrogen-bond donors (Lipinski definition) is 0. The fourth-order valence-electron chi connectivity index (χ4n) is 3.63. The van der Waals surface area contributed by atoms with E-state index in [-0.39, 0.29) is 15.8 Å². The first-order valence-electron chi connectivity index (χ1n) is 9.29. The highest BCUT2D eigenvalue weighted by atomic mass is 32.2. The maximum absolute atomic E-state index is 13.4. The zero-order valence-corrected chi connectivity index (χ0v) is 17.0. The van der Waals surface area contributed by atoms with Gasteiger partial charge in [-0.2, -0.15) is 0 Å². The molecule has 1 aliphatic rings. The number of sulfone groups is 1. The van der Waals surface area contributed by atoms with Crippen molar-refractivity contribution in [2.75, 3.05) is 0 Å². The molecule has 0 bridgehead atoms. The van der Waals surface area contributed by atoms with Gasteiger partial charge in [0.25, 0.3) is 0 Å². The molecule has 1 aliphatic carbocycles. The molecule has 2 aromatic carbocycles. The molecular formula is C23H22O4S. The maximum Gasteiger partial charge on any atom is 0.240 e. The lowest BCUT2D eigenvalue weighted by Gasteiger charge is -2.27. The summed E-state index contributed by atoms with van der Waals surface area (Å²) in [5.41, 5.74) is 1.88. The predicted molar refractivity (Wildman–Crippen MR) is 107 cm³/mol. The van der Waals surface area contributed by atoms with Crippen LogP contribution in [0.3, 0.4) is 0 Å². The number of ketones is 1. The molecule has 0 atom stereocenters. The van der Waals surface area contributed by atoms with Gasteiger partial charge >= 0.3 is 0 Å². The SMILES string of the molecule is Cc1ccc(S(=O)(=O)c2oc3c(c2-c2ccccc2)C(=O)C(C)(C)CC3)cc1. The van der Waals surface area contributed by atoms with Crippen molar-refractivity contribution >= 4 is 15.6 Å². The Balaban J connectivity index is 2.02. The molecule has 0 spiro atoms. The summed E-state index contributed by atoms with van der Waals surface area (Å²) in [5.74, 6) is 0.399. The Morgan fingerprint density at radius 2 is 1.57 bits per heavy atom. The molecule has 0 unspecified atom stereocenters. The summed E-state index contributed by atoms with van der Waals surface area (Å²) < 4.78 is 32.7. The Morgan fingerprint density at radius 1 is 0.929 bits per heavy atom. The molecule has 1 heterocycles. The third kappa shape index (κ3) is 2.90. The van der Waals surface area contributed by atoms with E-state index < -0.39 is 15.3 Å². The molecule has 5 heteroatoms. The molecule has 0 aliphatic heterocycles. The van der Waals surface area contributed by atoms with Crippen LogP contribution in [0.2, 0.25) is 0 Å². The first kappa shape index (κ1) is 18.7. The van der Waals surface area contributed by atoms with E-state index in [0.717, 1.165) is 5.56 Å². The lowest BCUT2D eigenvalue weighted by Crippen LogP contribution is -2.29. The second-order valence-electron chi connectivity index (χ2n) is 7.96. The van der Waals surface area contributed by atoms with Crippen LogP contribution in [-0.2, 0) is 16.3 Å². The number of fused-ring (bicyclic) bond motifs is 1. The van der Waals surface area contributed by atoms with Crippen LogP contribution in [0.4, 0.5) is 0 Å². The van der Waals surface area contributed by atoms with Gasteiger partial charge in [-0.05, 0) is 31.0 Å². The summed E-state index contributed by atoms with van der Waals surface area (Å²) in [5, 5.41) is -0.140.